The Morgan fingerprint density at radius 2 is 2.21 bits per heavy atom. The molecule has 1 aromatic rings. The summed E-state index contributed by atoms with van der Waals surface area (Å²) in [4.78, 5) is 21.6. The molecule has 0 radical (unpaired) electrons. The molecule has 0 aliphatic heterocycles. The molecule has 19 heavy (non-hydrogen) atoms. The zero-order chi connectivity index (χ0) is 14.3. The van der Waals surface area contributed by atoms with E-state index in [0.29, 0.717) is 12.1 Å². The number of nitrogens with zero attached hydrogens (tertiary/aromatic N) is 1. The molecule has 7 nitrogen and oxygen atoms in total. The first-order valence-electron chi connectivity index (χ1n) is 5.92. The fourth-order valence-corrected chi connectivity index (χ4v) is 1.41. The first-order chi connectivity index (χ1) is 9.02. The first kappa shape index (κ1) is 14.6. The van der Waals surface area contributed by atoms with Crippen molar-refractivity contribution in [1.29, 1.82) is 5.41 Å². The molecule has 0 aliphatic rings. The van der Waals surface area contributed by atoms with Crippen LogP contribution in [-0.4, -0.2) is 16.8 Å². The fraction of sp³-hybridized carbons (Fsp3) is 0.333. The maximum absolute atomic E-state index is 11.5. The minimum atomic E-state index is -0.568. The predicted molar refractivity (Wildman–Crippen MR) is 72.5 cm³/mol. The lowest BCUT2D eigenvalue weighted by molar-refractivity contribution is -0.384. The number of urea groups is 1. The molecule has 0 saturated carbocycles. The molecule has 102 valence electrons. The molecular formula is C12H16N4O3. The van der Waals surface area contributed by atoms with Gasteiger partial charge in [-0.05, 0) is 12.5 Å². The Kier molecular flexibility index (Phi) is 5.46. The second-order valence-corrected chi connectivity index (χ2v) is 3.97. The van der Waals surface area contributed by atoms with Gasteiger partial charge in [0.25, 0.3) is 5.69 Å². The van der Waals surface area contributed by atoms with Crippen molar-refractivity contribution in [1.82, 2.24) is 5.32 Å². The minimum Gasteiger partial charge on any atom is -0.307 e. The van der Waals surface area contributed by atoms with Gasteiger partial charge in [-0.25, -0.2) is 4.79 Å². The molecule has 1 aromatic carbocycles. The highest BCUT2D eigenvalue weighted by molar-refractivity contribution is 6.02. The summed E-state index contributed by atoms with van der Waals surface area (Å²) in [6.45, 7) is 2.00. The summed E-state index contributed by atoms with van der Waals surface area (Å²) in [6.07, 6.45) is 2.27. The van der Waals surface area contributed by atoms with Gasteiger partial charge in [0.05, 0.1) is 4.92 Å². The van der Waals surface area contributed by atoms with Crippen molar-refractivity contribution >= 4 is 23.2 Å². The molecule has 0 aromatic heterocycles. The lowest BCUT2D eigenvalue weighted by atomic mass is 10.2. The number of amidine groups is 1. The van der Waals surface area contributed by atoms with Gasteiger partial charge in [0.1, 0.15) is 5.84 Å². The molecule has 0 aliphatic carbocycles. The highest BCUT2D eigenvalue weighted by Gasteiger charge is 2.08. The summed E-state index contributed by atoms with van der Waals surface area (Å²) < 4.78 is 0. The number of rotatable bonds is 5. The second-order valence-electron chi connectivity index (χ2n) is 3.97. The standard InChI is InChI=1S/C12H16N4O3/c1-2-3-7-11(13)15-12(17)14-9-5-4-6-10(8-9)16(18)19/h4-6,8H,2-3,7H2,1H3,(H3,13,14,15,17). The zero-order valence-corrected chi connectivity index (χ0v) is 10.6. The average molecular weight is 264 g/mol. The van der Waals surface area contributed by atoms with E-state index in [9.17, 15) is 14.9 Å². The molecule has 0 fully saturated rings. The summed E-state index contributed by atoms with van der Waals surface area (Å²) in [6, 6.07) is 5.06. The van der Waals surface area contributed by atoms with Crippen molar-refractivity contribution in [3.8, 4) is 0 Å². The van der Waals surface area contributed by atoms with Gasteiger partial charge in [-0.1, -0.05) is 19.4 Å². The minimum absolute atomic E-state index is 0.0983. The van der Waals surface area contributed by atoms with E-state index < -0.39 is 11.0 Å². The SMILES string of the molecule is CCCCC(=N)NC(=O)Nc1cccc([N+](=O)[O-])c1. The number of hydrogen-bond acceptors (Lipinski definition) is 4. The number of carbonyl (C=O) groups excluding carboxylic acids is 1. The van der Waals surface area contributed by atoms with E-state index in [1.807, 2.05) is 6.92 Å². The van der Waals surface area contributed by atoms with Crippen LogP contribution in [0.1, 0.15) is 26.2 Å². The molecule has 0 spiro atoms. The third kappa shape index (κ3) is 5.15. The Morgan fingerprint density at radius 3 is 2.84 bits per heavy atom. The summed E-state index contributed by atoms with van der Waals surface area (Å²) >= 11 is 0. The number of hydrogen-bond donors (Lipinski definition) is 3. The van der Waals surface area contributed by atoms with Crippen LogP contribution in [0.4, 0.5) is 16.2 Å². The van der Waals surface area contributed by atoms with E-state index in [1.165, 1.54) is 18.2 Å². The van der Waals surface area contributed by atoms with Gasteiger partial charge in [-0.15, -0.1) is 0 Å². The normalized spacial score (nSPS) is 9.74. The Labute approximate surface area is 110 Å². The van der Waals surface area contributed by atoms with Crippen LogP contribution in [0.3, 0.4) is 0 Å². The first-order valence-corrected chi connectivity index (χ1v) is 5.92. The number of benzene rings is 1. The summed E-state index contributed by atoms with van der Waals surface area (Å²) in [5.41, 5.74) is 0.217. The zero-order valence-electron chi connectivity index (χ0n) is 10.6. The van der Waals surface area contributed by atoms with Gasteiger partial charge in [0.15, 0.2) is 0 Å². The second kappa shape index (κ2) is 7.10. The third-order valence-electron chi connectivity index (χ3n) is 2.36. The molecule has 1 rings (SSSR count). The van der Waals surface area contributed by atoms with Crippen molar-refractivity contribution in [2.24, 2.45) is 0 Å². The Bertz CT molecular complexity index is 488. The Hall–Kier alpha value is -2.44. The van der Waals surface area contributed by atoms with E-state index >= 15 is 0 Å². The van der Waals surface area contributed by atoms with Gasteiger partial charge in [-0.2, -0.15) is 0 Å². The van der Waals surface area contributed by atoms with Gasteiger partial charge < -0.3 is 5.32 Å². The predicted octanol–water partition coefficient (Wildman–Crippen LogP) is 2.88. The number of amides is 2. The van der Waals surface area contributed by atoms with E-state index in [2.05, 4.69) is 10.6 Å². The van der Waals surface area contributed by atoms with Crippen LogP contribution in [0, 0.1) is 15.5 Å². The number of nitro benzene ring substituents is 1. The largest absolute Gasteiger partial charge is 0.324 e. The van der Waals surface area contributed by atoms with Crippen molar-refractivity contribution in [2.45, 2.75) is 26.2 Å². The quantitative estimate of drug-likeness (QED) is 0.329. The smallest absolute Gasteiger partial charge is 0.307 e. The summed E-state index contributed by atoms with van der Waals surface area (Å²) in [7, 11) is 0. The van der Waals surface area contributed by atoms with Crippen molar-refractivity contribution < 1.29 is 9.72 Å². The number of anilines is 1. The number of non-ortho nitro benzene ring substituents is 1. The molecule has 7 heteroatoms. The lowest BCUT2D eigenvalue weighted by Gasteiger charge is -2.08. The molecule has 0 atom stereocenters. The van der Waals surface area contributed by atoms with E-state index in [1.54, 1.807) is 6.07 Å². The highest BCUT2D eigenvalue weighted by atomic mass is 16.6. The Morgan fingerprint density at radius 1 is 1.47 bits per heavy atom. The highest BCUT2D eigenvalue weighted by Crippen LogP contribution is 2.16. The fourth-order valence-electron chi connectivity index (χ4n) is 1.41. The third-order valence-corrected chi connectivity index (χ3v) is 2.36. The van der Waals surface area contributed by atoms with Crippen LogP contribution < -0.4 is 10.6 Å². The van der Waals surface area contributed by atoms with Crippen LogP contribution in [0.2, 0.25) is 0 Å². The Balaban J connectivity index is 2.55. The number of nitro groups is 1. The van der Waals surface area contributed by atoms with Crippen molar-refractivity contribution in [3.05, 3.63) is 34.4 Å². The van der Waals surface area contributed by atoms with Crippen molar-refractivity contribution in [3.63, 3.8) is 0 Å². The van der Waals surface area contributed by atoms with Crippen molar-refractivity contribution in [2.75, 3.05) is 5.32 Å². The maximum atomic E-state index is 11.5. The van der Waals surface area contributed by atoms with E-state index in [-0.39, 0.29) is 11.5 Å². The van der Waals surface area contributed by atoms with Crippen LogP contribution in [-0.2, 0) is 0 Å². The maximum Gasteiger partial charge on any atom is 0.324 e. The molecule has 0 unspecified atom stereocenters. The van der Waals surface area contributed by atoms with Gasteiger partial charge in [0.2, 0.25) is 0 Å². The van der Waals surface area contributed by atoms with Crippen LogP contribution in [0.5, 0.6) is 0 Å². The van der Waals surface area contributed by atoms with Crippen LogP contribution >= 0.6 is 0 Å². The number of carbonyl (C=O) groups is 1. The van der Waals surface area contributed by atoms with Gasteiger partial charge in [-0.3, -0.25) is 20.8 Å². The summed E-state index contributed by atoms with van der Waals surface area (Å²) in [5, 5.41) is 22.9. The molecule has 0 bridgehead atoms. The van der Waals surface area contributed by atoms with E-state index in [0.717, 1.165) is 12.8 Å². The molecule has 3 N–H and O–H groups in total. The van der Waals surface area contributed by atoms with Crippen LogP contribution in [0.15, 0.2) is 24.3 Å². The molecule has 2 amide bonds. The van der Waals surface area contributed by atoms with Gasteiger partial charge in [0, 0.05) is 24.2 Å². The van der Waals surface area contributed by atoms with Crippen LogP contribution in [0.25, 0.3) is 0 Å². The topological polar surface area (TPSA) is 108 Å². The van der Waals surface area contributed by atoms with Gasteiger partial charge >= 0.3 is 6.03 Å². The number of nitrogens with one attached hydrogen (secondary N) is 3. The summed E-state index contributed by atoms with van der Waals surface area (Å²) in [5.74, 6) is 0.129. The number of unbranched alkanes of at least 4 members (excludes halogenated alkanes) is 1. The molecule has 0 heterocycles. The average Bonchev–Trinajstić information content (AvgIpc) is 2.36. The monoisotopic (exact) mass is 264 g/mol. The lowest BCUT2D eigenvalue weighted by Crippen LogP contribution is -2.33. The molecular weight excluding hydrogens is 248 g/mol. The van der Waals surface area contributed by atoms with E-state index in [4.69, 9.17) is 5.41 Å². The molecule has 0 saturated heterocycles.